The van der Waals surface area contributed by atoms with Crippen molar-refractivity contribution in [2.75, 3.05) is 24.7 Å². The third-order valence-electron chi connectivity index (χ3n) is 7.69. The van der Waals surface area contributed by atoms with E-state index in [1.807, 2.05) is 43.7 Å². The molecule has 0 bridgehead atoms. The van der Waals surface area contributed by atoms with Gasteiger partial charge < -0.3 is 24.6 Å². The van der Waals surface area contributed by atoms with Crippen molar-refractivity contribution in [1.82, 2.24) is 20.1 Å². The Kier molecular flexibility index (Phi) is 7.25. The quantitative estimate of drug-likeness (QED) is 0.429. The molecule has 11 heteroatoms. The maximum atomic E-state index is 14.1. The van der Waals surface area contributed by atoms with E-state index in [0.717, 1.165) is 17.5 Å². The number of benzene rings is 2. The van der Waals surface area contributed by atoms with Crippen LogP contribution in [-0.4, -0.2) is 51.6 Å². The van der Waals surface area contributed by atoms with Gasteiger partial charge in [-0.2, -0.15) is 13.2 Å². The first-order valence-corrected chi connectivity index (χ1v) is 12.9. The summed E-state index contributed by atoms with van der Waals surface area (Å²) in [5.41, 5.74) is 0.674. The summed E-state index contributed by atoms with van der Waals surface area (Å²) in [5.74, 6) is 0.342. The number of hydrogen-bond donors (Lipinski definition) is 2. The third kappa shape index (κ3) is 5.30. The zero-order valence-corrected chi connectivity index (χ0v) is 22.1. The second-order valence-electron chi connectivity index (χ2n) is 10.9. The average Bonchev–Trinajstić information content (AvgIpc) is 3.42. The number of nitrogens with one attached hydrogen (secondary N) is 1. The lowest BCUT2D eigenvalue weighted by Gasteiger charge is -2.42. The number of fused-ring (bicyclic) bond motifs is 1. The van der Waals surface area contributed by atoms with E-state index in [-0.39, 0.29) is 42.1 Å². The number of hydrogen-bond acceptors (Lipinski definition) is 6. The monoisotopic (exact) mass is 543 g/mol. The van der Waals surface area contributed by atoms with Gasteiger partial charge in [0.25, 0.3) is 5.91 Å². The Hall–Kier alpha value is -3.28. The standard InChI is InChI=1S/C28H32F3N5O3/c1-17(2)24(37)12-32-11-18-7-21-22(23(8-18)28(29,30)31)13-36(26(21)38)20-6-4-5-19(9-20)27(14-39-15-27)10-25-34-33-16-35(25)3/h4-9,16-17,24,32,37H,10-15H2,1-3H3. The van der Waals surface area contributed by atoms with Crippen LogP contribution in [0.5, 0.6) is 0 Å². The van der Waals surface area contributed by atoms with E-state index in [4.69, 9.17) is 4.74 Å². The van der Waals surface area contributed by atoms with Gasteiger partial charge in [0.15, 0.2) is 0 Å². The van der Waals surface area contributed by atoms with Gasteiger partial charge in [-0.1, -0.05) is 26.0 Å². The first-order valence-electron chi connectivity index (χ1n) is 12.9. The molecule has 3 heterocycles. The minimum atomic E-state index is -4.61. The van der Waals surface area contributed by atoms with Crippen molar-refractivity contribution in [2.45, 2.75) is 51.1 Å². The van der Waals surface area contributed by atoms with Crippen molar-refractivity contribution < 1.29 is 27.8 Å². The Morgan fingerprint density at radius 1 is 1.21 bits per heavy atom. The van der Waals surface area contributed by atoms with E-state index in [2.05, 4.69) is 15.5 Å². The summed E-state index contributed by atoms with van der Waals surface area (Å²) < 4.78 is 49.7. The smallest absolute Gasteiger partial charge is 0.392 e. The molecule has 3 aromatic rings. The number of aliphatic hydroxyl groups is 1. The zero-order valence-electron chi connectivity index (χ0n) is 22.1. The molecule has 1 aromatic heterocycles. The summed E-state index contributed by atoms with van der Waals surface area (Å²) in [6.07, 6.45) is -3.02. The molecule has 8 nitrogen and oxygen atoms in total. The number of amides is 1. The normalized spacial score (nSPS) is 17.4. The van der Waals surface area contributed by atoms with Gasteiger partial charge in [-0.3, -0.25) is 4.79 Å². The Balaban J connectivity index is 1.42. The summed E-state index contributed by atoms with van der Waals surface area (Å²) in [6.45, 7) is 4.84. The van der Waals surface area contributed by atoms with Crippen LogP contribution in [0.2, 0.25) is 0 Å². The van der Waals surface area contributed by atoms with Crippen LogP contribution >= 0.6 is 0 Å². The van der Waals surface area contributed by atoms with Gasteiger partial charge in [-0.05, 0) is 46.9 Å². The number of aryl methyl sites for hydroxylation is 1. The van der Waals surface area contributed by atoms with Crippen LogP contribution in [0.25, 0.3) is 0 Å². The molecule has 0 spiro atoms. The predicted octanol–water partition coefficient (Wildman–Crippen LogP) is 3.61. The first kappa shape index (κ1) is 27.3. The lowest BCUT2D eigenvalue weighted by Crippen LogP contribution is -2.49. The second-order valence-corrected chi connectivity index (χ2v) is 10.9. The van der Waals surface area contributed by atoms with Crippen molar-refractivity contribution in [3.63, 3.8) is 0 Å². The molecule has 39 heavy (non-hydrogen) atoms. The van der Waals surface area contributed by atoms with Crippen molar-refractivity contribution in [3.05, 3.63) is 76.4 Å². The fourth-order valence-electron chi connectivity index (χ4n) is 5.12. The molecule has 1 unspecified atom stereocenters. The van der Waals surface area contributed by atoms with Gasteiger partial charge in [0.1, 0.15) is 12.2 Å². The lowest BCUT2D eigenvalue weighted by molar-refractivity contribution is -0.138. The maximum Gasteiger partial charge on any atom is 0.416 e. The molecule has 0 saturated carbocycles. The van der Waals surface area contributed by atoms with Crippen molar-refractivity contribution in [2.24, 2.45) is 13.0 Å². The summed E-state index contributed by atoms with van der Waals surface area (Å²) in [5, 5.41) is 21.2. The van der Waals surface area contributed by atoms with Gasteiger partial charge in [0, 0.05) is 43.2 Å². The molecule has 1 saturated heterocycles. The van der Waals surface area contributed by atoms with E-state index in [1.165, 1.54) is 11.0 Å². The van der Waals surface area contributed by atoms with E-state index in [1.54, 1.807) is 12.4 Å². The number of nitrogens with zero attached hydrogens (tertiary/aromatic N) is 4. The summed E-state index contributed by atoms with van der Waals surface area (Å²) >= 11 is 0. The summed E-state index contributed by atoms with van der Waals surface area (Å²) in [7, 11) is 1.87. The van der Waals surface area contributed by atoms with E-state index in [9.17, 15) is 23.1 Å². The average molecular weight is 544 g/mol. The van der Waals surface area contributed by atoms with Crippen LogP contribution in [0, 0.1) is 5.92 Å². The number of carbonyl (C=O) groups is 1. The number of alkyl halides is 3. The predicted molar refractivity (Wildman–Crippen MR) is 138 cm³/mol. The molecule has 1 fully saturated rings. The minimum absolute atomic E-state index is 0.0141. The molecular formula is C28H32F3N5O3. The number of rotatable bonds is 9. The summed E-state index contributed by atoms with van der Waals surface area (Å²) in [6, 6.07) is 10.0. The van der Waals surface area contributed by atoms with Crippen LogP contribution in [0.4, 0.5) is 18.9 Å². The Morgan fingerprint density at radius 3 is 2.59 bits per heavy atom. The minimum Gasteiger partial charge on any atom is -0.392 e. The van der Waals surface area contributed by atoms with Gasteiger partial charge >= 0.3 is 6.18 Å². The van der Waals surface area contributed by atoms with E-state index < -0.39 is 23.8 Å². The molecule has 2 aliphatic rings. The largest absolute Gasteiger partial charge is 0.416 e. The lowest BCUT2D eigenvalue weighted by atomic mass is 9.75. The highest BCUT2D eigenvalue weighted by atomic mass is 19.4. The Bertz CT molecular complexity index is 1370. The first-order chi connectivity index (χ1) is 18.5. The van der Waals surface area contributed by atoms with Crippen LogP contribution in [0.15, 0.2) is 42.7 Å². The highest BCUT2D eigenvalue weighted by molar-refractivity contribution is 6.10. The Labute approximate surface area is 224 Å². The SMILES string of the molecule is CC(C)C(O)CNCc1cc2c(c(C(F)(F)F)c1)CN(c1cccc(C3(Cc4nncn4C)COC3)c1)C2=O. The van der Waals surface area contributed by atoms with Gasteiger partial charge in [-0.25, -0.2) is 0 Å². The zero-order chi connectivity index (χ0) is 27.9. The highest BCUT2D eigenvalue weighted by Crippen LogP contribution is 2.41. The summed E-state index contributed by atoms with van der Waals surface area (Å²) in [4.78, 5) is 14.9. The molecule has 1 atom stereocenters. The van der Waals surface area contributed by atoms with Crippen molar-refractivity contribution in [1.29, 1.82) is 0 Å². The van der Waals surface area contributed by atoms with Crippen LogP contribution in [0.1, 0.15) is 52.3 Å². The van der Waals surface area contributed by atoms with Crippen molar-refractivity contribution in [3.8, 4) is 0 Å². The molecule has 0 aliphatic carbocycles. The number of aliphatic hydroxyl groups excluding tert-OH is 1. The van der Waals surface area contributed by atoms with Crippen LogP contribution < -0.4 is 10.2 Å². The molecule has 2 aromatic carbocycles. The number of ether oxygens (including phenoxy) is 1. The molecule has 0 radical (unpaired) electrons. The number of aromatic nitrogens is 3. The molecular weight excluding hydrogens is 511 g/mol. The number of anilines is 1. The van der Waals surface area contributed by atoms with Gasteiger partial charge in [0.05, 0.1) is 31.4 Å². The molecule has 2 N–H and O–H groups in total. The molecule has 1 amide bonds. The Morgan fingerprint density at radius 2 is 1.97 bits per heavy atom. The molecule has 5 rings (SSSR count). The molecule has 208 valence electrons. The highest BCUT2D eigenvalue weighted by Gasteiger charge is 2.43. The maximum absolute atomic E-state index is 14.1. The van der Waals surface area contributed by atoms with Gasteiger partial charge in [0.2, 0.25) is 0 Å². The van der Waals surface area contributed by atoms with E-state index in [0.29, 0.717) is 30.9 Å². The van der Waals surface area contributed by atoms with Gasteiger partial charge in [-0.15, -0.1) is 10.2 Å². The number of carbonyl (C=O) groups excluding carboxylic acids is 1. The topological polar surface area (TPSA) is 92.5 Å². The second kappa shape index (κ2) is 10.4. The van der Waals surface area contributed by atoms with Crippen LogP contribution in [-0.2, 0) is 42.9 Å². The fourth-order valence-corrected chi connectivity index (χ4v) is 5.12. The molecule has 2 aliphatic heterocycles. The van der Waals surface area contributed by atoms with Crippen LogP contribution in [0.3, 0.4) is 0 Å². The van der Waals surface area contributed by atoms with E-state index >= 15 is 0 Å². The van der Waals surface area contributed by atoms with Crippen molar-refractivity contribution >= 4 is 11.6 Å². The fraction of sp³-hybridized carbons (Fsp3) is 0.464. The third-order valence-corrected chi connectivity index (χ3v) is 7.69. The number of halogens is 3.